The van der Waals surface area contributed by atoms with Crippen LogP contribution in [-0.2, 0) is 4.79 Å². The van der Waals surface area contributed by atoms with Crippen molar-refractivity contribution in [1.82, 2.24) is 4.57 Å². The van der Waals surface area contributed by atoms with Crippen molar-refractivity contribution in [3.8, 4) is 5.75 Å². The molecule has 1 unspecified atom stereocenters. The molecule has 8 nitrogen and oxygen atoms in total. The molecule has 126 valence electrons. The number of hydrogen-bond acceptors (Lipinski definition) is 5. The average molecular weight is 331 g/mol. The van der Waals surface area contributed by atoms with Crippen LogP contribution in [0.5, 0.6) is 5.75 Å². The van der Waals surface area contributed by atoms with Crippen molar-refractivity contribution in [1.29, 1.82) is 0 Å². The van der Waals surface area contributed by atoms with E-state index >= 15 is 0 Å². The molecule has 0 aliphatic heterocycles. The molecule has 1 amide bonds. The number of ether oxygens (including phenoxy) is 1. The fraction of sp³-hybridized carbons (Fsp3) is 0.250. The number of nitrogens with one attached hydrogen (secondary N) is 1. The van der Waals surface area contributed by atoms with Gasteiger partial charge in [0.1, 0.15) is 11.8 Å². The van der Waals surface area contributed by atoms with Crippen LogP contribution in [0.15, 0.2) is 47.4 Å². The molecule has 0 saturated carbocycles. The zero-order chi connectivity index (χ0) is 17.7. The van der Waals surface area contributed by atoms with Crippen molar-refractivity contribution in [2.24, 2.45) is 0 Å². The fourth-order valence-electron chi connectivity index (χ4n) is 2.12. The van der Waals surface area contributed by atoms with E-state index in [-0.39, 0.29) is 5.69 Å². The number of benzene rings is 1. The van der Waals surface area contributed by atoms with Crippen molar-refractivity contribution in [3.05, 3.63) is 63.1 Å². The third-order valence-electron chi connectivity index (χ3n) is 3.37. The Hall–Kier alpha value is -3.16. The van der Waals surface area contributed by atoms with Gasteiger partial charge in [-0.15, -0.1) is 0 Å². The van der Waals surface area contributed by atoms with Gasteiger partial charge in [-0.3, -0.25) is 24.3 Å². The topological polar surface area (TPSA) is 103 Å². The predicted molar refractivity (Wildman–Crippen MR) is 88.3 cm³/mol. The van der Waals surface area contributed by atoms with E-state index in [9.17, 15) is 19.7 Å². The molecule has 1 atom stereocenters. The van der Waals surface area contributed by atoms with E-state index in [0.29, 0.717) is 18.0 Å². The van der Waals surface area contributed by atoms with Crippen LogP contribution in [0.1, 0.15) is 19.9 Å². The zero-order valence-electron chi connectivity index (χ0n) is 13.3. The Morgan fingerprint density at radius 3 is 2.71 bits per heavy atom. The first-order chi connectivity index (χ1) is 11.4. The summed E-state index contributed by atoms with van der Waals surface area (Å²) in [4.78, 5) is 34.5. The zero-order valence-corrected chi connectivity index (χ0v) is 13.3. The second-order valence-electron chi connectivity index (χ2n) is 4.98. The molecule has 1 N–H and O–H groups in total. The molecule has 1 aromatic carbocycles. The first kappa shape index (κ1) is 17.2. The summed E-state index contributed by atoms with van der Waals surface area (Å²) in [6, 6.07) is 8.14. The lowest BCUT2D eigenvalue weighted by atomic mass is 10.2. The maximum Gasteiger partial charge on any atom is 0.285 e. The molecule has 0 saturated heterocycles. The number of hydrogen-bond donors (Lipinski definition) is 1. The van der Waals surface area contributed by atoms with Gasteiger partial charge in [0, 0.05) is 12.1 Å². The molecule has 0 aliphatic rings. The molecule has 1 heterocycles. The van der Waals surface area contributed by atoms with Crippen LogP contribution in [0.2, 0.25) is 0 Å². The monoisotopic (exact) mass is 331 g/mol. The number of anilines is 1. The maximum absolute atomic E-state index is 12.4. The lowest BCUT2D eigenvalue weighted by Crippen LogP contribution is -2.31. The smallest absolute Gasteiger partial charge is 0.285 e. The van der Waals surface area contributed by atoms with Gasteiger partial charge in [0.2, 0.25) is 5.91 Å². The molecular formula is C16H17N3O5. The van der Waals surface area contributed by atoms with Gasteiger partial charge < -0.3 is 10.1 Å². The summed E-state index contributed by atoms with van der Waals surface area (Å²) >= 11 is 0. The van der Waals surface area contributed by atoms with Crippen LogP contribution in [0.25, 0.3) is 0 Å². The van der Waals surface area contributed by atoms with E-state index in [1.165, 1.54) is 6.92 Å². The van der Waals surface area contributed by atoms with Crippen molar-refractivity contribution >= 4 is 17.3 Å². The summed E-state index contributed by atoms with van der Waals surface area (Å²) in [6.45, 7) is 3.75. The Morgan fingerprint density at radius 2 is 2.04 bits per heavy atom. The third kappa shape index (κ3) is 3.78. The minimum Gasteiger partial charge on any atom is -0.492 e. The third-order valence-corrected chi connectivity index (χ3v) is 3.37. The van der Waals surface area contributed by atoms with Crippen LogP contribution in [0, 0.1) is 10.1 Å². The lowest BCUT2D eigenvalue weighted by molar-refractivity contribution is -0.385. The largest absolute Gasteiger partial charge is 0.492 e. The van der Waals surface area contributed by atoms with Crippen LogP contribution >= 0.6 is 0 Å². The molecule has 2 aromatic rings. The molecule has 0 aliphatic carbocycles. The number of carbonyl (C=O) groups excluding carboxylic acids is 1. The lowest BCUT2D eigenvalue weighted by Gasteiger charge is -2.16. The predicted octanol–water partition coefficient (Wildman–Crippen LogP) is 2.35. The summed E-state index contributed by atoms with van der Waals surface area (Å²) in [5.41, 5.74) is -0.292. The Kier molecular flexibility index (Phi) is 5.31. The first-order valence-corrected chi connectivity index (χ1v) is 7.33. The minimum absolute atomic E-state index is 0.260. The van der Waals surface area contributed by atoms with Crippen LogP contribution in [0.4, 0.5) is 11.4 Å². The highest BCUT2D eigenvalue weighted by Crippen LogP contribution is 2.24. The summed E-state index contributed by atoms with van der Waals surface area (Å²) in [5.74, 6) is 0.0247. The van der Waals surface area contributed by atoms with E-state index in [4.69, 9.17) is 4.74 Å². The van der Waals surface area contributed by atoms with Crippen molar-refractivity contribution in [3.63, 3.8) is 0 Å². The Bertz CT molecular complexity index is 815. The molecule has 0 fully saturated rings. The molecular weight excluding hydrogens is 314 g/mol. The van der Waals surface area contributed by atoms with Crippen LogP contribution in [0.3, 0.4) is 0 Å². The van der Waals surface area contributed by atoms with Gasteiger partial charge >= 0.3 is 0 Å². The SMILES string of the molecule is CCOc1ccccc1NC(=O)C(C)n1cc([N+](=O)[O-])ccc1=O. The molecule has 24 heavy (non-hydrogen) atoms. The Labute approximate surface area is 137 Å². The fourth-order valence-corrected chi connectivity index (χ4v) is 2.12. The quantitative estimate of drug-likeness (QED) is 0.646. The maximum atomic E-state index is 12.4. The van der Waals surface area contributed by atoms with E-state index in [0.717, 1.165) is 22.9 Å². The van der Waals surface area contributed by atoms with Crippen molar-refractivity contribution in [2.75, 3.05) is 11.9 Å². The van der Waals surface area contributed by atoms with Crippen molar-refractivity contribution in [2.45, 2.75) is 19.9 Å². The molecule has 0 bridgehead atoms. The van der Waals surface area contributed by atoms with E-state index < -0.39 is 22.4 Å². The number of nitro groups is 1. The summed E-state index contributed by atoms with van der Waals surface area (Å²) in [6.07, 6.45) is 1.06. The molecule has 0 spiro atoms. The van der Waals surface area contributed by atoms with E-state index in [1.807, 2.05) is 6.92 Å². The normalized spacial score (nSPS) is 11.6. The number of amides is 1. The van der Waals surface area contributed by atoms with Gasteiger partial charge in [0.25, 0.3) is 11.2 Å². The Morgan fingerprint density at radius 1 is 1.33 bits per heavy atom. The van der Waals surface area contributed by atoms with Gasteiger partial charge in [-0.25, -0.2) is 0 Å². The summed E-state index contributed by atoms with van der Waals surface area (Å²) < 4.78 is 6.45. The van der Waals surface area contributed by atoms with Gasteiger partial charge in [-0.05, 0) is 26.0 Å². The number of pyridine rings is 1. The number of rotatable bonds is 6. The van der Waals surface area contributed by atoms with Gasteiger partial charge in [-0.2, -0.15) is 0 Å². The van der Waals surface area contributed by atoms with Crippen LogP contribution < -0.4 is 15.6 Å². The number of carbonyl (C=O) groups is 1. The molecule has 0 radical (unpaired) electrons. The summed E-state index contributed by atoms with van der Waals surface area (Å²) in [7, 11) is 0. The standard InChI is InChI=1S/C16H17N3O5/c1-3-24-14-7-5-4-6-13(14)17-16(21)11(2)18-10-12(19(22)23)8-9-15(18)20/h4-11H,3H2,1-2H3,(H,17,21). The molecule has 8 heteroatoms. The second kappa shape index (κ2) is 7.40. The average Bonchev–Trinajstić information content (AvgIpc) is 2.56. The van der Waals surface area contributed by atoms with Gasteiger partial charge in [0.15, 0.2) is 0 Å². The van der Waals surface area contributed by atoms with Crippen LogP contribution in [-0.4, -0.2) is 22.0 Å². The Balaban J connectivity index is 2.26. The highest BCUT2D eigenvalue weighted by Gasteiger charge is 2.19. The molecule has 2 rings (SSSR count). The summed E-state index contributed by atoms with van der Waals surface area (Å²) in [5, 5.41) is 13.5. The minimum atomic E-state index is -0.924. The van der Waals surface area contributed by atoms with Gasteiger partial charge in [-0.1, -0.05) is 12.1 Å². The highest BCUT2D eigenvalue weighted by atomic mass is 16.6. The second-order valence-corrected chi connectivity index (χ2v) is 4.98. The van der Waals surface area contributed by atoms with Crippen molar-refractivity contribution < 1.29 is 14.5 Å². The van der Waals surface area contributed by atoms with E-state index in [1.54, 1.807) is 24.3 Å². The first-order valence-electron chi connectivity index (χ1n) is 7.33. The number of nitrogens with zero attached hydrogens (tertiary/aromatic N) is 2. The van der Waals surface area contributed by atoms with E-state index in [2.05, 4.69) is 5.32 Å². The van der Waals surface area contributed by atoms with Gasteiger partial charge in [0.05, 0.1) is 23.4 Å². The highest BCUT2D eigenvalue weighted by molar-refractivity contribution is 5.94. The number of para-hydroxylation sites is 2. The number of aromatic nitrogens is 1. The molecule has 1 aromatic heterocycles.